The number of piperidine rings is 1. The van der Waals surface area contributed by atoms with Crippen molar-refractivity contribution in [3.63, 3.8) is 0 Å². The van der Waals surface area contributed by atoms with Crippen molar-refractivity contribution in [1.29, 1.82) is 0 Å². The Kier molecular flexibility index (Phi) is 4.93. The first-order chi connectivity index (χ1) is 9.15. The van der Waals surface area contributed by atoms with Crippen LogP contribution in [-0.2, 0) is 0 Å². The lowest BCUT2D eigenvalue weighted by molar-refractivity contribution is 0.444. The molecule has 0 amide bonds. The number of rotatable bonds is 5. The molecule has 0 saturated carbocycles. The van der Waals surface area contributed by atoms with Crippen molar-refractivity contribution < 1.29 is 0 Å². The van der Waals surface area contributed by atoms with Gasteiger partial charge in [0.1, 0.15) is 0 Å². The lowest BCUT2D eigenvalue weighted by Gasteiger charge is -2.31. The predicted molar refractivity (Wildman–Crippen MR) is 78.4 cm³/mol. The number of aromatic nitrogens is 3. The van der Waals surface area contributed by atoms with Crippen molar-refractivity contribution in [2.24, 2.45) is 11.8 Å². The summed E-state index contributed by atoms with van der Waals surface area (Å²) < 4.78 is 0. The molecule has 2 heterocycles. The topological polar surface area (TPSA) is 53.9 Å². The van der Waals surface area contributed by atoms with Crippen LogP contribution in [0.5, 0.6) is 0 Å². The van der Waals surface area contributed by atoms with Crippen molar-refractivity contribution in [2.75, 3.05) is 29.9 Å². The molecular weight excluding hydrogens is 238 g/mol. The van der Waals surface area contributed by atoms with Gasteiger partial charge in [-0.15, -0.1) is 5.10 Å². The second kappa shape index (κ2) is 6.68. The van der Waals surface area contributed by atoms with Crippen molar-refractivity contribution in [1.82, 2.24) is 15.2 Å². The van der Waals surface area contributed by atoms with E-state index in [4.69, 9.17) is 0 Å². The minimum absolute atomic E-state index is 0.649. The molecule has 0 bridgehead atoms. The van der Waals surface area contributed by atoms with E-state index >= 15 is 0 Å². The molecule has 0 aromatic carbocycles. The molecular formula is C14H25N5. The molecule has 1 aliphatic rings. The highest BCUT2D eigenvalue weighted by atomic mass is 15.3. The normalized spacial score (nSPS) is 19.8. The van der Waals surface area contributed by atoms with Crippen LogP contribution in [-0.4, -0.2) is 34.8 Å². The summed E-state index contributed by atoms with van der Waals surface area (Å²) in [5.41, 5.74) is 0. The van der Waals surface area contributed by atoms with Crippen molar-refractivity contribution in [3.8, 4) is 0 Å². The first kappa shape index (κ1) is 14.0. The molecule has 1 aromatic heterocycles. The quantitative estimate of drug-likeness (QED) is 0.885. The van der Waals surface area contributed by atoms with Gasteiger partial charge in [-0.2, -0.15) is 10.1 Å². The number of hydrogen-bond donors (Lipinski definition) is 1. The highest BCUT2D eigenvalue weighted by Crippen LogP contribution is 2.20. The fourth-order valence-corrected chi connectivity index (χ4v) is 2.39. The SMILES string of the molecule is CC(C)CCNc1nncc(N2CCCC(C)C2)n1. The maximum Gasteiger partial charge on any atom is 0.244 e. The minimum atomic E-state index is 0.649. The van der Waals surface area contributed by atoms with Crippen molar-refractivity contribution in [2.45, 2.75) is 40.0 Å². The van der Waals surface area contributed by atoms with E-state index in [0.29, 0.717) is 11.9 Å². The van der Waals surface area contributed by atoms with Crippen molar-refractivity contribution >= 4 is 11.8 Å². The van der Waals surface area contributed by atoms with Crippen LogP contribution < -0.4 is 10.2 Å². The zero-order chi connectivity index (χ0) is 13.7. The van der Waals surface area contributed by atoms with Gasteiger partial charge < -0.3 is 10.2 Å². The van der Waals surface area contributed by atoms with E-state index < -0.39 is 0 Å². The molecule has 1 aliphatic heterocycles. The Labute approximate surface area is 115 Å². The largest absolute Gasteiger partial charge is 0.355 e. The van der Waals surface area contributed by atoms with Crippen LogP contribution in [0.4, 0.5) is 11.8 Å². The standard InChI is InChI=1S/C14H25N5/c1-11(2)6-7-15-14-17-13(9-16-18-14)19-8-4-5-12(3)10-19/h9,11-12H,4-8,10H2,1-3H3,(H,15,17,18). The summed E-state index contributed by atoms with van der Waals surface area (Å²) in [5.74, 6) is 3.03. The van der Waals surface area contributed by atoms with Gasteiger partial charge in [-0.3, -0.25) is 0 Å². The lowest BCUT2D eigenvalue weighted by atomic mass is 10.0. The summed E-state index contributed by atoms with van der Waals surface area (Å²) in [7, 11) is 0. The third kappa shape index (κ3) is 4.33. The van der Waals surface area contributed by atoms with Gasteiger partial charge in [0.05, 0.1) is 6.20 Å². The Hall–Kier alpha value is -1.39. The summed E-state index contributed by atoms with van der Waals surface area (Å²) in [4.78, 5) is 6.88. The van der Waals surface area contributed by atoms with Gasteiger partial charge in [-0.05, 0) is 31.1 Å². The summed E-state index contributed by atoms with van der Waals surface area (Å²) in [6.45, 7) is 9.78. The summed E-state index contributed by atoms with van der Waals surface area (Å²) in [6.07, 6.45) is 5.44. The van der Waals surface area contributed by atoms with Gasteiger partial charge in [0.2, 0.25) is 5.95 Å². The summed E-state index contributed by atoms with van der Waals surface area (Å²) in [6, 6.07) is 0. The highest BCUT2D eigenvalue weighted by Gasteiger charge is 2.18. The zero-order valence-electron chi connectivity index (χ0n) is 12.3. The van der Waals surface area contributed by atoms with E-state index in [0.717, 1.165) is 37.8 Å². The lowest BCUT2D eigenvalue weighted by Crippen LogP contribution is -2.35. The van der Waals surface area contributed by atoms with Gasteiger partial charge in [0.25, 0.3) is 0 Å². The minimum Gasteiger partial charge on any atom is -0.355 e. The number of nitrogens with one attached hydrogen (secondary N) is 1. The molecule has 0 spiro atoms. The first-order valence-electron chi connectivity index (χ1n) is 7.33. The molecule has 106 valence electrons. The maximum absolute atomic E-state index is 4.57. The molecule has 1 aromatic rings. The van der Waals surface area contributed by atoms with Crippen LogP contribution in [0.3, 0.4) is 0 Å². The van der Waals surface area contributed by atoms with Gasteiger partial charge in [0, 0.05) is 19.6 Å². The second-order valence-electron chi connectivity index (χ2n) is 5.94. The average Bonchev–Trinajstić information content (AvgIpc) is 2.39. The van der Waals surface area contributed by atoms with Crippen LogP contribution in [0, 0.1) is 11.8 Å². The maximum atomic E-state index is 4.57. The highest BCUT2D eigenvalue weighted by molar-refractivity contribution is 5.40. The Bertz CT molecular complexity index is 393. The van der Waals surface area contributed by atoms with Crippen LogP contribution in [0.2, 0.25) is 0 Å². The van der Waals surface area contributed by atoms with Gasteiger partial charge in [0.15, 0.2) is 5.82 Å². The molecule has 1 saturated heterocycles. The number of nitrogens with zero attached hydrogens (tertiary/aromatic N) is 4. The smallest absolute Gasteiger partial charge is 0.244 e. The van der Waals surface area contributed by atoms with Crippen LogP contribution in [0.15, 0.2) is 6.20 Å². The molecule has 19 heavy (non-hydrogen) atoms. The van der Waals surface area contributed by atoms with E-state index in [1.165, 1.54) is 12.8 Å². The van der Waals surface area contributed by atoms with E-state index in [1.807, 2.05) is 0 Å². The van der Waals surface area contributed by atoms with Crippen LogP contribution in [0.25, 0.3) is 0 Å². The Morgan fingerprint density at radius 3 is 3.05 bits per heavy atom. The summed E-state index contributed by atoms with van der Waals surface area (Å²) in [5, 5.41) is 11.4. The summed E-state index contributed by atoms with van der Waals surface area (Å²) >= 11 is 0. The Balaban J connectivity index is 1.94. The van der Waals surface area contributed by atoms with Crippen LogP contribution >= 0.6 is 0 Å². The van der Waals surface area contributed by atoms with Crippen molar-refractivity contribution in [3.05, 3.63) is 6.20 Å². The van der Waals surface area contributed by atoms with E-state index in [-0.39, 0.29) is 0 Å². The second-order valence-corrected chi connectivity index (χ2v) is 5.94. The molecule has 1 atom stereocenters. The zero-order valence-corrected chi connectivity index (χ0v) is 12.3. The fourth-order valence-electron chi connectivity index (χ4n) is 2.39. The Morgan fingerprint density at radius 1 is 1.47 bits per heavy atom. The molecule has 2 rings (SSSR count). The number of anilines is 2. The molecule has 1 fully saturated rings. The monoisotopic (exact) mass is 263 g/mol. The average molecular weight is 263 g/mol. The molecule has 5 nitrogen and oxygen atoms in total. The molecule has 5 heteroatoms. The van der Waals surface area contributed by atoms with Crippen LogP contribution in [0.1, 0.15) is 40.0 Å². The Morgan fingerprint density at radius 2 is 2.32 bits per heavy atom. The van der Waals surface area contributed by atoms with E-state index in [2.05, 4.69) is 46.2 Å². The number of hydrogen-bond acceptors (Lipinski definition) is 5. The van der Waals surface area contributed by atoms with Gasteiger partial charge >= 0.3 is 0 Å². The van der Waals surface area contributed by atoms with Gasteiger partial charge in [-0.1, -0.05) is 20.8 Å². The third-order valence-electron chi connectivity index (χ3n) is 3.53. The van der Waals surface area contributed by atoms with E-state index in [9.17, 15) is 0 Å². The fraction of sp³-hybridized carbons (Fsp3) is 0.786. The molecule has 0 radical (unpaired) electrons. The van der Waals surface area contributed by atoms with Gasteiger partial charge in [-0.25, -0.2) is 0 Å². The van der Waals surface area contributed by atoms with E-state index in [1.54, 1.807) is 6.20 Å². The first-order valence-corrected chi connectivity index (χ1v) is 7.33. The molecule has 1 unspecified atom stereocenters. The third-order valence-corrected chi connectivity index (χ3v) is 3.53. The molecule has 0 aliphatic carbocycles. The molecule has 1 N–H and O–H groups in total. The predicted octanol–water partition coefficient (Wildman–Crippen LogP) is 2.57.